The Hall–Kier alpha value is -0.820. The Morgan fingerprint density at radius 1 is 0.895 bits per heavy atom. The number of hydrogen-bond donors (Lipinski definition) is 1. The molecule has 0 fully saturated rings. The lowest BCUT2D eigenvalue weighted by Gasteiger charge is -2.08. The molecule has 1 heteroatoms. The van der Waals surface area contributed by atoms with Crippen LogP contribution >= 0.6 is 0 Å². The lowest BCUT2D eigenvalue weighted by Crippen LogP contribution is -2.22. The number of nitrogens with one attached hydrogen (secondary N) is 1. The van der Waals surface area contributed by atoms with Crippen molar-refractivity contribution in [2.24, 2.45) is 5.92 Å². The Bertz CT molecular complexity index is 313. The molecular formula is C18H31N. The molecular weight excluding hydrogens is 230 g/mol. The van der Waals surface area contributed by atoms with Crippen molar-refractivity contribution < 1.29 is 0 Å². The highest BCUT2D eigenvalue weighted by Crippen LogP contribution is 2.10. The van der Waals surface area contributed by atoms with Crippen LogP contribution in [0.4, 0.5) is 0 Å². The van der Waals surface area contributed by atoms with Gasteiger partial charge in [0.15, 0.2) is 0 Å². The zero-order chi connectivity index (χ0) is 13.9. The molecule has 0 saturated heterocycles. The highest BCUT2D eigenvalue weighted by atomic mass is 14.8. The largest absolute Gasteiger partial charge is 0.316 e. The maximum atomic E-state index is 3.50. The van der Waals surface area contributed by atoms with Gasteiger partial charge in [-0.3, -0.25) is 0 Å². The summed E-state index contributed by atoms with van der Waals surface area (Å²) >= 11 is 0. The number of unbranched alkanes of at least 4 members (excludes halogenated alkanes) is 3. The smallest absolute Gasteiger partial charge is 0.000824 e. The van der Waals surface area contributed by atoms with Gasteiger partial charge in [-0.25, -0.2) is 0 Å². The van der Waals surface area contributed by atoms with Crippen LogP contribution < -0.4 is 5.32 Å². The van der Waals surface area contributed by atoms with Crippen LogP contribution in [0.1, 0.15) is 57.6 Å². The van der Waals surface area contributed by atoms with E-state index in [0.717, 1.165) is 25.4 Å². The molecule has 0 amide bonds. The average molecular weight is 261 g/mol. The third kappa shape index (κ3) is 8.05. The van der Waals surface area contributed by atoms with Gasteiger partial charge in [0.1, 0.15) is 0 Å². The monoisotopic (exact) mass is 261 g/mol. The molecule has 1 nitrogen and oxygen atoms in total. The molecule has 1 rings (SSSR count). The lowest BCUT2D eigenvalue weighted by atomic mass is 10.0. The van der Waals surface area contributed by atoms with Gasteiger partial charge in [0.2, 0.25) is 0 Å². The van der Waals surface area contributed by atoms with Gasteiger partial charge in [0, 0.05) is 0 Å². The topological polar surface area (TPSA) is 12.0 Å². The van der Waals surface area contributed by atoms with Crippen molar-refractivity contribution in [3.63, 3.8) is 0 Å². The lowest BCUT2D eigenvalue weighted by molar-refractivity contribution is 0.554. The van der Waals surface area contributed by atoms with E-state index < -0.39 is 0 Å². The van der Waals surface area contributed by atoms with Crippen LogP contribution in [0.25, 0.3) is 0 Å². The van der Waals surface area contributed by atoms with Crippen molar-refractivity contribution in [2.75, 3.05) is 13.1 Å². The van der Waals surface area contributed by atoms with E-state index in [0.29, 0.717) is 0 Å². The van der Waals surface area contributed by atoms with Crippen molar-refractivity contribution >= 4 is 0 Å². The molecule has 0 aromatic heterocycles. The summed E-state index contributed by atoms with van der Waals surface area (Å²) in [4.78, 5) is 0. The van der Waals surface area contributed by atoms with Gasteiger partial charge in [-0.1, -0.05) is 64.3 Å². The predicted molar refractivity (Wildman–Crippen MR) is 85.7 cm³/mol. The standard InChI is InChI=1S/C18H31N/c1-4-5-6-7-8-17-9-11-18(12-10-17)13-14-19-15-16(2)3/h9-12,16,19H,4-8,13-15H2,1-3H3. The number of aryl methyl sites for hydroxylation is 1. The fraction of sp³-hybridized carbons (Fsp3) is 0.667. The van der Waals surface area contributed by atoms with Gasteiger partial charge >= 0.3 is 0 Å². The first-order valence-electron chi connectivity index (χ1n) is 8.01. The van der Waals surface area contributed by atoms with Crippen LogP contribution in [0.15, 0.2) is 24.3 Å². The summed E-state index contributed by atoms with van der Waals surface area (Å²) in [6.07, 6.45) is 7.79. The van der Waals surface area contributed by atoms with Gasteiger partial charge < -0.3 is 5.32 Å². The Labute approximate surface area is 119 Å². The minimum atomic E-state index is 0.741. The molecule has 0 saturated carbocycles. The summed E-state index contributed by atoms with van der Waals surface area (Å²) in [5.41, 5.74) is 2.95. The second-order valence-electron chi connectivity index (χ2n) is 5.98. The molecule has 0 aliphatic rings. The minimum absolute atomic E-state index is 0.741. The minimum Gasteiger partial charge on any atom is -0.316 e. The fourth-order valence-corrected chi connectivity index (χ4v) is 2.25. The molecule has 0 aliphatic carbocycles. The van der Waals surface area contributed by atoms with E-state index >= 15 is 0 Å². The number of benzene rings is 1. The summed E-state index contributed by atoms with van der Waals surface area (Å²) in [5.74, 6) is 0.741. The number of rotatable bonds is 10. The van der Waals surface area contributed by atoms with Crippen molar-refractivity contribution in [3.8, 4) is 0 Å². The van der Waals surface area contributed by atoms with Crippen molar-refractivity contribution in [3.05, 3.63) is 35.4 Å². The van der Waals surface area contributed by atoms with E-state index in [1.807, 2.05) is 0 Å². The second-order valence-corrected chi connectivity index (χ2v) is 5.98. The first-order chi connectivity index (χ1) is 9.22. The van der Waals surface area contributed by atoms with Crippen LogP contribution in [0.3, 0.4) is 0 Å². The molecule has 108 valence electrons. The summed E-state index contributed by atoms with van der Waals surface area (Å²) in [7, 11) is 0. The van der Waals surface area contributed by atoms with Gasteiger partial charge in [-0.2, -0.15) is 0 Å². The van der Waals surface area contributed by atoms with E-state index in [-0.39, 0.29) is 0 Å². The van der Waals surface area contributed by atoms with E-state index in [2.05, 4.69) is 50.4 Å². The van der Waals surface area contributed by atoms with Crippen molar-refractivity contribution in [1.29, 1.82) is 0 Å². The van der Waals surface area contributed by atoms with Gasteiger partial charge in [-0.15, -0.1) is 0 Å². The maximum absolute atomic E-state index is 3.50. The Morgan fingerprint density at radius 3 is 2.11 bits per heavy atom. The van der Waals surface area contributed by atoms with E-state index in [1.165, 1.54) is 43.2 Å². The van der Waals surface area contributed by atoms with Crippen molar-refractivity contribution in [1.82, 2.24) is 5.32 Å². The quantitative estimate of drug-likeness (QED) is 0.607. The van der Waals surface area contributed by atoms with Gasteiger partial charge in [-0.05, 0) is 49.4 Å². The third-order valence-corrected chi connectivity index (χ3v) is 3.49. The molecule has 0 unspecified atom stereocenters. The van der Waals surface area contributed by atoms with Gasteiger partial charge in [0.05, 0.1) is 0 Å². The SMILES string of the molecule is CCCCCCc1ccc(CCNCC(C)C)cc1. The molecule has 19 heavy (non-hydrogen) atoms. The molecule has 1 aromatic carbocycles. The second kappa shape index (κ2) is 10.0. The van der Waals surface area contributed by atoms with Crippen LogP contribution in [0.2, 0.25) is 0 Å². The zero-order valence-corrected chi connectivity index (χ0v) is 13.0. The molecule has 0 atom stereocenters. The van der Waals surface area contributed by atoms with Gasteiger partial charge in [0.25, 0.3) is 0 Å². The van der Waals surface area contributed by atoms with Crippen LogP contribution in [-0.4, -0.2) is 13.1 Å². The molecule has 0 aliphatic heterocycles. The van der Waals surface area contributed by atoms with E-state index in [9.17, 15) is 0 Å². The fourth-order valence-electron chi connectivity index (χ4n) is 2.25. The molecule has 0 radical (unpaired) electrons. The first-order valence-corrected chi connectivity index (χ1v) is 8.01. The molecule has 1 aromatic rings. The normalized spacial score (nSPS) is 11.2. The summed E-state index contributed by atoms with van der Waals surface area (Å²) in [6, 6.07) is 9.21. The number of hydrogen-bond acceptors (Lipinski definition) is 1. The Morgan fingerprint density at radius 2 is 1.53 bits per heavy atom. The average Bonchev–Trinajstić information content (AvgIpc) is 2.41. The first kappa shape index (κ1) is 16.2. The third-order valence-electron chi connectivity index (χ3n) is 3.49. The molecule has 1 N–H and O–H groups in total. The molecule has 0 bridgehead atoms. The Balaban J connectivity index is 2.19. The van der Waals surface area contributed by atoms with Crippen LogP contribution in [0, 0.1) is 5.92 Å². The van der Waals surface area contributed by atoms with E-state index in [4.69, 9.17) is 0 Å². The highest BCUT2D eigenvalue weighted by molar-refractivity contribution is 5.22. The highest BCUT2D eigenvalue weighted by Gasteiger charge is 1.97. The van der Waals surface area contributed by atoms with Crippen LogP contribution in [-0.2, 0) is 12.8 Å². The summed E-state index contributed by atoms with van der Waals surface area (Å²) in [5, 5.41) is 3.50. The summed E-state index contributed by atoms with van der Waals surface area (Å²) < 4.78 is 0. The van der Waals surface area contributed by atoms with Crippen molar-refractivity contribution in [2.45, 2.75) is 59.3 Å². The zero-order valence-electron chi connectivity index (χ0n) is 13.0. The summed E-state index contributed by atoms with van der Waals surface area (Å²) in [6.45, 7) is 8.98. The van der Waals surface area contributed by atoms with E-state index in [1.54, 1.807) is 0 Å². The Kier molecular flexibility index (Phi) is 8.57. The molecule has 0 spiro atoms. The maximum Gasteiger partial charge on any atom is -0.000824 e. The van der Waals surface area contributed by atoms with Crippen LogP contribution in [0.5, 0.6) is 0 Å². The molecule has 0 heterocycles. The predicted octanol–water partition coefficient (Wildman–Crippen LogP) is 4.60.